The minimum absolute atomic E-state index is 0.0573. The SMILES string of the molecule is CC(C)(CNC(=O)c1cccs1)c1ccc(Cl)cc1Cl. The molecule has 0 saturated heterocycles. The van der Waals surface area contributed by atoms with E-state index in [1.807, 2.05) is 43.5 Å². The lowest BCUT2D eigenvalue weighted by Crippen LogP contribution is -2.36. The molecule has 0 aliphatic heterocycles. The average molecular weight is 328 g/mol. The van der Waals surface area contributed by atoms with Gasteiger partial charge in [-0.2, -0.15) is 0 Å². The number of carbonyl (C=O) groups excluding carboxylic acids is 1. The summed E-state index contributed by atoms with van der Waals surface area (Å²) in [6.07, 6.45) is 0. The highest BCUT2D eigenvalue weighted by Crippen LogP contribution is 2.31. The predicted molar refractivity (Wildman–Crippen MR) is 86.1 cm³/mol. The highest BCUT2D eigenvalue weighted by molar-refractivity contribution is 7.12. The van der Waals surface area contributed by atoms with E-state index in [2.05, 4.69) is 5.32 Å². The molecule has 0 fully saturated rings. The van der Waals surface area contributed by atoms with Crippen LogP contribution in [0.15, 0.2) is 35.7 Å². The van der Waals surface area contributed by atoms with E-state index in [1.54, 1.807) is 6.07 Å². The first-order chi connectivity index (χ1) is 9.40. The number of hydrogen-bond acceptors (Lipinski definition) is 2. The Bertz CT molecular complexity index is 608. The molecule has 0 bridgehead atoms. The molecule has 1 aromatic heterocycles. The van der Waals surface area contributed by atoms with Crippen molar-refractivity contribution in [2.24, 2.45) is 0 Å². The number of carbonyl (C=O) groups is 1. The van der Waals surface area contributed by atoms with Gasteiger partial charge in [0.1, 0.15) is 0 Å². The van der Waals surface area contributed by atoms with E-state index < -0.39 is 0 Å². The van der Waals surface area contributed by atoms with Crippen molar-refractivity contribution < 1.29 is 4.79 Å². The van der Waals surface area contributed by atoms with Crippen molar-refractivity contribution >= 4 is 40.4 Å². The number of benzene rings is 1. The van der Waals surface area contributed by atoms with Gasteiger partial charge in [-0.05, 0) is 29.1 Å². The third-order valence-electron chi connectivity index (χ3n) is 3.10. The van der Waals surface area contributed by atoms with Gasteiger partial charge in [-0.25, -0.2) is 0 Å². The molecule has 0 aliphatic carbocycles. The standard InChI is InChI=1S/C15H15Cl2NOS/c1-15(2,11-6-5-10(16)8-12(11)17)9-18-14(19)13-4-3-7-20-13/h3-8H,9H2,1-2H3,(H,18,19). The molecule has 0 aliphatic rings. The van der Waals surface area contributed by atoms with Gasteiger partial charge in [0.25, 0.3) is 5.91 Å². The maximum absolute atomic E-state index is 12.0. The predicted octanol–water partition coefficient (Wildman–Crippen LogP) is 4.76. The molecule has 0 radical (unpaired) electrons. The number of thiophene rings is 1. The van der Waals surface area contributed by atoms with Crippen LogP contribution in [-0.4, -0.2) is 12.5 Å². The number of amides is 1. The third-order valence-corrected chi connectivity index (χ3v) is 4.51. The van der Waals surface area contributed by atoms with Gasteiger partial charge < -0.3 is 5.32 Å². The zero-order valence-electron chi connectivity index (χ0n) is 11.2. The van der Waals surface area contributed by atoms with Crippen LogP contribution < -0.4 is 5.32 Å². The van der Waals surface area contributed by atoms with Gasteiger partial charge in [0, 0.05) is 22.0 Å². The maximum atomic E-state index is 12.0. The molecule has 0 spiro atoms. The summed E-state index contributed by atoms with van der Waals surface area (Å²) in [5, 5.41) is 6.06. The van der Waals surface area contributed by atoms with Crippen LogP contribution in [0.5, 0.6) is 0 Å². The van der Waals surface area contributed by atoms with Crippen molar-refractivity contribution in [3.63, 3.8) is 0 Å². The van der Waals surface area contributed by atoms with Crippen LogP contribution in [0.1, 0.15) is 29.1 Å². The summed E-state index contributed by atoms with van der Waals surface area (Å²) in [6.45, 7) is 4.58. The summed E-state index contributed by atoms with van der Waals surface area (Å²) in [7, 11) is 0. The van der Waals surface area contributed by atoms with Crippen LogP contribution in [0.25, 0.3) is 0 Å². The molecule has 1 aromatic carbocycles. The zero-order valence-corrected chi connectivity index (χ0v) is 13.6. The Morgan fingerprint density at radius 3 is 2.65 bits per heavy atom. The van der Waals surface area contributed by atoms with Crippen molar-refractivity contribution in [3.05, 3.63) is 56.2 Å². The average Bonchev–Trinajstić information content (AvgIpc) is 2.89. The van der Waals surface area contributed by atoms with Crippen molar-refractivity contribution in [2.75, 3.05) is 6.54 Å². The Balaban J connectivity index is 2.09. The molecular weight excluding hydrogens is 313 g/mol. The van der Waals surface area contributed by atoms with Gasteiger partial charge in [-0.3, -0.25) is 4.79 Å². The van der Waals surface area contributed by atoms with Gasteiger partial charge in [-0.1, -0.05) is 49.2 Å². The Morgan fingerprint density at radius 1 is 1.30 bits per heavy atom. The molecule has 1 N–H and O–H groups in total. The van der Waals surface area contributed by atoms with Crippen molar-refractivity contribution in [3.8, 4) is 0 Å². The molecule has 1 heterocycles. The summed E-state index contributed by atoms with van der Waals surface area (Å²) in [5.74, 6) is -0.0573. The second-order valence-corrected chi connectivity index (χ2v) is 6.96. The molecule has 0 unspecified atom stereocenters. The van der Waals surface area contributed by atoms with E-state index >= 15 is 0 Å². The number of rotatable bonds is 4. The van der Waals surface area contributed by atoms with Gasteiger partial charge in [0.05, 0.1) is 4.88 Å². The van der Waals surface area contributed by atoms with Crippen LogP contribution in [0, 0.1) is 0 Å². The van der Waals surface area contributed by atoms with E-state index in [4.69, 9.17) is 23.2 Å². The highest BCUT2D eigenvalue weighted by Gasteiger charge is 2.24. The monoisotopic (exact) mass is 327 g/mol. The molecule has 0 saturated carbocycles. The topological polar surface area (TPSA) is 29.1 Å². The molecule has 1 amide bonds. The lowest BCUT2D eigenvalue weighted by Gasteiger charge is -2.26. The molecule has 20 heavy (non-hydrogen) atoms. The molecule has 0 atom stereocenters. The van der Waals surface area contributed by atoms with Crippen molar-refractivity contribution in [1.29, 1.82) is 0 Å². The molecule has 2 nitrogen and oxygen atoms in total. The highest BCUT2D eigenvalue weighted by atomic mass is 35.5. The summed E-state index contributed by atoms with van der Waals surface area (Å²) in [6, 6.07) is 9.11. The second-order valence-electron chi connectivity index (χ2n) is 5.17. The van der Waals surface area contributed by atoms with E-state index in [0.717, 1.165) is 5.56 Å². The first kappa shape index (κ1) is 15.4. The number of hydrogen-bond donors (Lipinski definition) is 1. The summed E-state index contributed by atoms with van der Waals surface area (Å²) in [5.41, 5.74) is 0.698. The van der Waals surface area contributed by atoms with Crippen LogP contribution in [0.3, 0.4) is 0 Å². The first-order valence-electron chi connectivity index (χ1n) is 6.17. The summed E-state index contributed by atoms with van der Waals surface area (Å²) < 4.78 is 0. The zero-order chi connectivity index (χ0) is 14.8. The van der Waals surface area contributed by atoms with Crippen molar-refractivity contribution in [1.82, 2.24) is 5.32 Å². The molecule has 2 aromatic rings. The quantitative estimate of drug-likeness (QED) is 0.861. The number of halogens is 2. The minimum atomic E-state index is -0.269. The first-order valence-corrected chi connectivity index (χ1v) is 7.81. The normalized spacial score (nSPS) is 11.4. The maximum Gasteiger partial charge on any atom is 0.261 e. The summed E-state index contributed by atoms with van der Waals surface area (Å²) >= 11 is 13.6. The molecule has 2 rings (SSSR count). The van der Waals surface area contributed by atoms with Crippen LogP contribution in [0.2, 0.25) is 10.0 Å². The summed E-state index contributed by atoms with van der Waals surface area (Å²) in [4.78, 5) is 12.7. The van der Waals surface area contributed by atoms with Crippen LogP contribution in [-0.2, 0) is 5.41 Å². The van der Waals surface area contributed by atoms with E-state index in [-0.39, 0.29) is 11.3 Å². The fourth-order valence-electron chi connectivity index (χ4n) is 1.93. The van der Waals surface area contributed by atoms with Gasteiger partial charge >= 0.3 is 0 Å². The fourth-order valence-corrected chi connectivity index (χ4v) is 3.23. The smallest absolute Gasteiger partial charge is 0.261 e. The van der Waals surface area contributed by atoms with Gasteiger partial charge in [0.2, 0.25) is 0 Å². The van der Waals surface area contributed by atoms with E-state index in [0.29, 0.717) is 21.5 Å². The lowest BCUT2D eigenvalue weighted by molar-refractivity contribution is 0.0949. The van der Waals surface area contributed by atoms with Crippen LogP contribution in [0.4, 0.5) is 0 Å². The van der Waals surface area contributed by atoms with Gasteiger partial charge in [-0.15, -0.1) is 11.3 Å². The van der Waals surface area contributed by atoms with Gasteiger partial charge in [0.15, 0.2) is 0 Å². The lowest BCUT2D eigenvalue weighted by atomic mass is 9.84. The Hall–Kier alpha value is -1.03. The number of nitrogens with one attached hydrogen (secondary N) is 1. The third kappa shape index (κ3) is 3.54. The fraction of sp³-hybridized carbons (Fsp3) is 0.267. The minimum Gasteiger partial charge on any atom is -0.350 e. The Kier molecular flexibility index (Phi) is 4.74. The second kappa shape index (κ2) is 6.17. The van der Waals surface area contributed by atoms with Crippen LogP contribution >= 0.6 is 34.5 Å². The molecular formula is C15H15Cl2NOS. The largest absolute Gasteiger partial charge is 0.350 e. The molecule has 106 valence electrons. The Morgan fingerprint density at radius 2 is 2.05 bits per heavy atom. The van der Waals surface area contributed by atoms with Crippen molar-refractivity contribution in [2.45, 2.75) is 19.3 Å². The Labute approximate surface area is 132 Å². The molecule has 5 heteroatoms. The van der Waals surface area contributed by atoms with E-state index in [1.165, 1.54) is 11.3 Å². The van der Waals surface area contributed by atoms with E-state index in [9.17, 15) is 4.79 Å².